The largest absolute Gasteiger partial charge is 0.293 e. The second-order valence-electron chi connectivity index (χ2n) is 4.63. The smallest absolute Gasteiger partial charge is 0.271 e. The molecule has 1 atom stereocenters. The number of hydrogen-bond donors (Lipinski definition) is 0. The standard InChI is InChI=1S/C13H13BrN2O3/c1-8(2)3-10(7-15)13(17)9-4-11(14)6-12(5-9)16(18)19/h4-6,8,10H,3H2,1-2H3. The van der Waals surface area contributed by atoms with Crippen molar-refractivity contribution in [3.8, 4) is 6.07 Å². The van der Waals surface area contributed by atoms with Gasteiger partial charge in [0.2, 0.25) is 0 Å². The Balaban J connectivity index is 3.12. The highest BCUT2D eigenvalue weighted by Gasteiger charge is 2.23. The van der Waals surface area contributed by atoms with Gasteiger partial charge in [-0.1, -0.05) is 29.8 Å². The van der Waals surface area contributed by atoms with E-state index in [1.165, 1.54) is 18.2 Å². The lowest BCUT2D eigenvalue weighted by atomic mass is 9.91. The molecule has 0 N–H and O–H groups in total. The number of benzene rings is 1. The zero-order valence-electron chi connectivity index (χ0n) is 10.6. The van der Waals surface area contributed by atoms with Gasteiger partial charge in [-0.3, -0.25) is 14.9 Å². The van der Waals surface area contributed by atoms with E-state index in [1.807, 2.05) is 19.9 Å². The van der Waals surface area contributed by atoms with Crippen molar-refractivity contribution in [3.05, 3.63) is 38.3 Å². The average molecular weight is 325 g/mol. The minimum Gasteiger partial charge on any atom is -0.293 e. The molecule has 1 aromatic rings. The molecule has 0 aliphatic carbocycles. The van der Waals surface area contributed by atoms with Gasteiger partial charge in [-0.25, -0.2) is 0 Å². The molecule has 1 rings (SSSR count). The maximum atomic E-state index is 12.2. The van der Waals surface area contributed by atoms with Crippen LogP contribution in [0, 0.1) is 33.3 Å². The summed E-state index contributed by atoms with van der Waals surface area (Å²) >= 11 is 3.13. The van der Waals surface area contributed by atoms with Crippen molar-refractivity contribution in [2.45, 2.75) is 20.3 Å². The van der Waals surface area contributed by atoms with E-state index in [4.69, 9.17) is 5.26 Å². The van der Waals surface area contributed by atoms with Gasteiger partial charge in [0, 0.05) is 22.2 Å². The van der Waals surface area contributed by atoms with Crippen molar-refractivity contribution in [1.29, 1.82) is 5.26 Å². The zero-order valence-corrected chi connectivity index (χ0v) is 12.2. The second-order valence-corrected chi connectivity index (χ2v) is 5.55. The highest BCUT2D eigenvalue weighted by Crippen LogP contribution is 2.24. The Hall–Kier alpha value is -1.74. The van der Waals surface area contributed by atoms with E-state index in [0.717, 1.165) is 0 Å². The van der Waals surface area contributed by atoms with E-state index in [2.05, 4.69) is 15.9 Å². The number of ketones is 1. The van der Waals surface area contributed by atoms with Gasteiger partial charge in [0.15, 0.2) is 5.78 Å². The van der Waals surface area contributed by atoms with Gasteiger partial charge in [-0.05, 0) is 18.4 Å². The number of nitro benzene ring substituents is 1. The predicted molar refractivity (Wildman–Crippen MR) is 73.7 cm³/mol. The van der Waals surface area contributed by atoms with Crippen LogP contribution in [-0.2, 0) is 0 Å². The minimum absolute atomic E-state index is 0.168. The number of hydrogen-bond acceptors (Lipinski definition) is 4. The molecule has 0 heterocycles. The van der Waals surface area contributed by atoms with Gasteiger partial charge in [-0.2, -0.15) is 5.26 Å². The Morgan fingerprint density at radius 3 is 2.58 bits per heavy atom. The van der Waals surface area contributed by atoms with Crippen LogP contribution in [-0.4, -0.2) is 10.7 Å². The highest BCUT2D eigenvalue weighted by molar-refractivity contribution is 9.10. The SMILES string of the molecule is CC(C)CC(C#N)C(=O)c1cc(Br)cc([N+](=O)[O-])c1. The lowest BCUT2D eigenvalue weighted by Crippen LogP contribution is -2.15. The molecular formula is C13H13BrN2O3. The minimum atomic E-state index is -0.770. The summed E-state index contributed by atoms with van der Waals surface area (Å²) in [6.07, 6.45) is 0.440. The zero-order chi connectivity index (χ0) is 14.6. The predicted octanol–water partition coefficient (Wildman–Crippen LogP) is 3.73. The lowest BCUT2D eigenvalue weighted by molar-refractivity contribution is -0.385. The summed E-state index contributed by atoms with van der Waals surface area (Å²) < 4.78 is 0.450. The number of carbonyl (C=O) groups excluding carboxylic acids is 1. The third-order valence-electron chi connectivity index (χ3n) is 2.56. The molecule has 19 heavy (non-hydrogen) atoms. The number of carbonyl (C=O) groups is 1. The molecule has 0 aliphatic heterocycles. The van der Waals surface area contributed by atoms with Gasteiger partial charge in [0.05, 0.1) is 11.0 Å². The van der Waals surface area contributed by atoms with Gasteiger partial charge < -0.3 is 0 Å². The van der Waals surface area contributed by atoms with Crippen LogP contribution in [0.25, 0.3) is 0 Å². The first kappa shape index (κ1) is 15.3. The summed E-state index contributed by atoms with van der Waals surface area (Å²) in [6.45, 7) is 3.84. The quantitative estimate of drug-likeness (QED) is 0.469. The van der Waals surface area contributed by atoms with E-state index in [1.54, 1.807) is 0 Å². The normalized spacial score (nSPS) is 11.9. The summed E-state index contributed by atoms with van der Waals surface area (Å²) in [5, 5.41) is 19.8. The molecule has 6 heteroatoms. The molecule has 100 valence electrons. The monoisotopic (exact) mass is 324 g/mol. The summed E-state index contributed by atoms with van der Waals surface area (Å²) in [4.78, 5) is 22.4. The van der Waals surface area contributed by atoms with Crippen LogP contribution in [0.15, 0.2) is 22.7 Å². The number of nitrogens with zero attached hydrogens (tertiary/aromatic N) is 2. The molecule has 0 aliphatic rings. The van der Waals surface area contributed by atoms with Crippen LogP contribution in [0.1, 0.15) is 30.6 Å². The first-order valence-corrected chi connectivity index (χ1v) is 6.53. The number of Topliss-reactive ketones (excluding diaryl/α,β-unsaturated/α-hetero) is 1. The van der Waals surface area contributed by atoms with E-state index in [-0.39, 0.29) is 23.0 Å². The molecule has 0 saturated carbocycles. The molecule has 5 nitrogen and oxygen atoms in total. The number of nitriles is 1. The number of non-ortho nitro benzene ring substituents is 1. The van der Waals surface area contributed by atoms with Gasteiger partial charge >= 0.3 is 0 Å². The maximum Gasteiger partial charge on any atom is 0.271 e. The van der Waals surface area contributed by atoms with Crippen molar-refractivity contribution < 1.29 is 9.72 Å². The molecular weight excluding hydrogens is 312 g/mol. The van der Waals surface area contributed by atoms with Crippen LogP contribution in [0.3, 0.4) is 0 Å². The van der Waals surface area contributed by atoms with Crippen molar-refractivity contribution in [2.75, 3.05) is 0 Å². The highest BCUT2D eigenvalue weighted by atomic mass is 79.9. The summed E-state index contributed by atoms with van der Waals surface area (Å²) in [7, 11) is 0. The summed E-state index contributed by atoms with van der Waals surface area (Å²) in [6, 6.07) is 5.99. The van der Waals surface area contributed by atoms with Crippen molar-refractivity contribution in [3.63, 3.8) is 0 Å². The van der Waals surface area contributed by atoms with Crippen LogP contribution < -0.4 is 0 Å². The molecule has 0 amide bonds. The van der Waals surface area contributed by atoms with Crippen molar-refractivity contribution >= 4 is 27.4 Å². The Kier molecular flexibility index (Phi) is 5.19. The van der Waals surface area contributed by atoms with Crippen molar-refractivity contribution in [2.24, 2.45) is 11.8 Å². The molecule has 0 bridgehead atoms. The third kappa shape index (κ3) is 4.14. The van der Waals surface area contributed by atoms with Crippen LogP contribution in [0.4, 0.5) is 5.69 Å². The Morgan fingerprint density at radius 1 is 1.47 bits per heavy atom. The molecule has 0 radical (unpaired) electrons. The number of rotatable bonds is 5. The van der Waals surface area contributed by atoms with Gasteiger partial charge in [0.1, 0.15) is 5.92 Å². The first-order chi connectivity index (χ1) is 8.85. The lowest BCUT2D eigenvalue weighted by Gasteiger charge is -2.10. The first-order valence-electron chi connectivity index (χ1n) is 5.74. The van der Waals surface area contributed by atoms with E-state index < -0.39 is 10.8 Å². The Morgan fingerprint density at radius 2 is 2.11 bits per heavy atom. The molecule has 0 spiro atoms. The fourth-order valence-corrected chi connectivity index (χ4v) is 2.19. The molecule has 0 aromatic heterocycles. The molecule has 1 aromatic carbocycles. The van der Waals surface area contributed by atoms with Crippen LogP contribution in [0.2, 0.25) is 0 Å². The second kappa shape index (κ2) is 6.43. The fraction of sp³-hybridized carbons (Fsp3) is 0.385. The van der Waals surface area contributed by atoms with Gasteiger partial charge in [0.25, 0.3) is 5.69 Å². The topological polar surface area (TPSA) is 84.0 Å². The molecule has 1 unspecified atom stereocenters. The van der Waals surface area contributed by atoms with E-state index in [9.17, 15) is 14.9 Å². The summed E-state index contributed by atoms with van der Waals surface area (Å²) in [5.41, 5.74) is 0.0206. The van der Waals surface area contributed by atoms with Crippen molar-refractivity contribution in [1.82, 2.24) is 0 Å². The Bertz CT molecular complexity index is 549. The van der Waals surface area contributed by atoms with E-state index in [0.29, 0.717) is 10.9 Å². The third-order valence-corrected chi connectivity index (χ3v) is 3.02. The molecule has 0 saturated heterocycles. The summed E-state index contributed by atoms with van der Waals surface area (Å²) in [5.74, 6) is -0.940. The number of halogens is 1. The van der Waals surface area contributed by atoms with Crippen LogP contribution in [0.5, 0.6) is 0 Å². The van der Waals surface area contributed by atoms with Gasteiger partial charge in [-0.15, -0.1) is 0 Å². The Labute approximate surface area is 119 Å². The number of nitro groups is 1. The van der Waals surface area contributed by atoms with Crippen LogP contribution >= 0.6 is 15.9 Å². The fourth-order valence-electron chi connectivity index (χ4n) is 1.71. The van der Waals surface area contributed by atoms with E-state index >= 15 is 0 Å². The maximum absolute atomic E-state index is 12.2. The molecule has 0 fully saturated rings. The average Bonchev–Trinajstić information content (AvgIpc) is 2.34.